The van der Waals surface area contributed by atoms with E-state index < -0.39 is 0 Å². The third-order valence-corrected chi connectivity index (χ3v) is 2.50. The first-order valence-electron chi connectivity index (χ1n) is 5.48. The third-order valence-electron chi connectivity index (χ3n) is 2.50. The second-order valence-electron chi connectivity index (χ2n) is 3.82. The van der Waals surface area contributed by atoms with E-state index >= 15 is 0 Å². The van der Waals surface area contributed by atoms with Crippen LogP contribution in [0.2, 0.25) is 0 Å². The van der Waals surface area contributed by atoms with Gasteiger partial charge in [-0.2, -0.15) is 0 Å². The van der Waals surface area contributed by atoms with Gasteiger partial charge in [0.2, 0.25) is 0 Å². The van der Waals surface area contributed by atoms with Crippen LogP contribution in [0.4, 0.5) is 0 Å². The molecule has 0 saturated carbocycles. The number of amides is 1. The van der Waals surface area contributed by atoms with Crippen molar-refractivity contribution in [1.82, 2.24) is 15.2 Å². The monoisotopic (exact) mass is 221 g/mol. The van der Waals surface area contributed by atoms with Gasteiger partial charge in [-0.3, -0.25) is 9.78 Å². The maximum atomic E-state index is 12.0. The fourth-order valence-electron chi connectivity index (χ4n) is 1.51. The summed E-state index contributed by atoms with van der Waals surface area (Å²) in [4.78, 5) is 17.9. The lowest BCUT2D eigenvalue weighted by Gasteiger charge is -2.17. The predicted octanol–water partition coefficient (Wildman–Crippen LogP) is 1.07. The zero-order valence-electron chi connectivity index (χ0n) is 10.2. The molecule has 0 aromatic carbocycles. The Bertz CT molecular complexity index is 352. The molecule has 0 atom stereocenters. The van der Waals surface area contributed by atoms with E-state index in [0.717, 1.165) is 25.2 Å². The summed E-state index contributed by atoms with van der Waals surface area (Å²) in [6.45, 7) is 3.53. The van der Waals surface area contributed by atoms with Crippen molar-refractivity contribution in [2.75, 3.05) is 27.2 Å². The minimum Gasteiger partial charge on any atom is -0.342 e. The molecule has 1 amide bonds. The van der Waals surface area contributed by atoms with Gasteiger partial charge in [0, 0.05) is 25.5 Å². The SMILES string of the molecule is CNCCCN(C)C(=O)c1cccnc1C. The molecule has 0 aliphatic carbocycles. The van der Waals surface area contributed by atoms with Crippen LogP contribution in [-0.2, 0) is 0 Å². The zero-order chi connectivity index (χ0) is 12.0. The molecule has 0 fully saturated rings. The molecule has 0 unspecified atom stereocenters. The van der Waals surface area contributed by atoms with E-state index in [1.54, 1.807) is 17.2 Å². The average Bonchev–Trinajstić information content (AvgIpc) is 2.29. The normalized spacial score (nSPS) is 10.2. The molecule has 4 nitrogen and oxygen atoms in total. The number of carbonyl (C=O) groups excluding carboxylic acids is 1. The standard InChI is InChI=1S/C12H19N3O/c1-10-11(6-4-8-14-10)12(16)15(3)9-5-7-13-2/h4,6,8,13H,5,7,9H2,1-3H3. The second-order valence-corrected chi connectivity index (χ2v) is 3.82. The highest BCUT2D eigenvalue weighted by Gasteiger charge is 2.13. The second kappa shape index (κ2) is 6.23. The van der Waals surface area contributed by atoms with Gasteiger partial charge in [-0.15, -0.1) is 0 Å². The number of nitrogens with zero attached hydrogens (tertiary/aromatic N) is 2. The number of nitrogens with one attached hydrogen (secondary N) is 1. The molecule has 1 aromatic heterocycles. The van der Waals surface area contributed by atoms with Crippen LogP contribution in [0.1, 0.15) is 22.5 Å². The van der Waals surface area contributed by atoms with E-state index in [1.165, 1.54) is 0 Å². The molecule has 0 spiro atoms. The molecule has 0 radical (unpaired) electrons. The van der Waals surface area contributed by atoms with Gasteiger partial charge in [-0.1, -0.05) is 0 Å². The van der Waals surface area contributed by atoms with Crippen LogP contribution in [0.25, 0.3) is 0 Å². The molecule has 0 bridgehead atoms. The van der Waals surface area contributed by atoms with E-state index in [-0.39, 0.29) is 5.91 Å². The number of aromatic nitrogens is 1. The zero-order valence-corrected chi connectivity index (χ0v) is 10.2. The topological polar surface area (TPSA) is 45.2 Å². The fraction of sp³-hybridized carbons (Fsp3) is 0.500. The Balaban J connectivity index is 2.60. The highest BCUT2D eigenvalue weighted by molar-refractivity contribution is 5.94. The Morgan fingerprint density at radius 3 is 2.94 bits per heavy atom. The van der Waals surface area contributed by atoms with Crippen LogP contribution in [0.3, 0.4) is 0 Å². The molecule has 16 heavy (non-hydrogen) atoms. The van der Waals surface area contributed by atoms with Gasteiger partial charge in [0.05, 0.1) is 5.56 Å². The van der Waals surface area contributed by atoms with Crippen molar-refractivity contribution >= 4 is 5.91 Å². The highest BCUT2D eigenvalue weighted by Crippen LogP contribution is 2.07. The van der Waals surface area contributed by atoms with Crippen LogP contribution in [0.15, 0.2) is 18.3 Å². The quantitative estimate of drug-likeness (QED) is 0.756. The number of hydrogen-bond acceptors (Lipinski definition) is 3. The van der Waals surface area contributed by atoms with E-state index in [0.29, 0.717) is 5.56 Å². The molecular weight excluding hydrogens is 202 g/mol. The number of pyridine rings is 1. The average molecular weight is 221 g/mol. The number of carbonyl (C=O) groups is 1. The first-order chi connectivity index (χ1) is 7.66. The summed E-state index contributed by atoms with van der Waals surface area (Å²) in [6, 6.07) is 3.61. The van der Waals surface area contributed by atoms with Crippen molar-refractivity contribution < 1.29 is 4.79 Å². The van der Waals surface area contributed by atoms with E-state index in [2.05, 4.69) is 10.3 Å². The Hall–Kier alpha value is -1.42. The molecule has 0 aliphatic rings. The van der Waals surface area contributed by atoms with Crippen LogP contribution in [-0.4, -0.2) is 43.0 Å². The van der Waals surface area contributed by atoms with Crippen molar-refractivity contribution in [2.45, 2.75) is 13.3 Å². The van der Waals surface area contributed by atoms with Crippen LogP contribution >= 0.6 is 0 Å². The summed E-state index contributed by atoms with van der Waals surface area (Å²) in [5, 5.41) is 3.06. The van der Waals surface area contributed by atoms with Crippen molar-refractivity contribution in [1.29, 1.82) is 0 Å². The van der Waals surface area contributed by atoms with Crippen LogP contribution < -0.4 is 5.32 Å². The van der Waals surface area contributed by atoms with Gasteiger partial charge in [-0.05, 0) is 39.1 Å². The molecule has 0 aliphatic heterocycles. The molecule has 1 heterocycles. The maximum absolute atomic E-state index is 12.0. The Morgan fingerprint density at radius 1 is 1.56 bits per heavy atom. The molecule has 88 valence electrons. The number of aryl methyl sites for hydroxylation is 1. The number of hydrogen-bond donors (Lipinski definition) is 1. The molecule has 1 N–H and O–H groups in total. The van der Waals surface area contributed by atoms with E-state index in [1.807, 2.05) is 27.1 Å². The molecule has 1 rings (SSSR count). The largest absolute Gasteiger partial charge is 0.342 e. The number of rotatable bonds is 5. The van der Waals surface area contributed by atoms with E-state index in [9.17, 15) is 4.79 Å². The molecule has 0 saturated heterocycles. The molecular formula is C12H19N3O. The van der Waals surface area contributed by atoms with Crippen molar-refractivity contribution in [2.24, 2.45) is 0 Å². The highest BCUT2D eigenvalue weighted by atomic mass is 16.2. The minimum atomic E-state index is 0.0432. The molecule has 4 heteroatoms. The van der Waals surface area contributed by atoms with E-state index in [4.69, 9.17) is 0 Å². The van der Waals surface area contributed by atoms with Gasteiger partial charge in [0.25, 0.3) is 5.91 Å². The summed E-state index contributed by atoms with van der Waals surface area (Å²) in [7, 11) is 3.73. The summed E-state index contributed by atoms with van der Waals surface area (Å²) < 4.78 is 0. The lowest BCUT2D eigenvalue weighted by atomic mass is 10.2. The lowest BCUT2D eigenvalue weighted by Crippen LogP contribution is -2.30. The van der Waals surface area contributed by atoms with Crippen molar-refractivity contribution in [3.63, 3.8) is 0 Å². The first kappa shape index (κ1) is 12.6. The Kier molecular flexibility index (Phi) is 4.92. The summed E-state index contributed by atoms with van der Waals surface area (Å²) in [5.74, 6) is 0.0432. The summed E-state index contributed by atoms with van der Waals surface area (Å²) in [5.41, 5.74) is 1.47. The molecule has 1 aromatic rings. The van der Waals surface area contributed by atoms with Crippen LogP contribution in [0, 0.1) is 6.92 Å². The third kappa shape index (κ3) is 3.31. The smallest absolute Gasteiger partial charge is 0.255 e. The van der Waals surface area contributed by atoms with Gasteiger partial charge >= 0.3 is 0 Å². The predicted molar refractivity (Wildman–Crippen MR) is 64.5 cm³/mol. The Morgan fingerprint density at radius 2 is 2.31 bits per heavy atom. The van der Waals surface area contributed by atoms with Crippen molar-refractivity contribution in [3.05, 3.63) is 29.6 Å². The lowest BCUT2D eigenvalue weighted by molar-refractivity contribution is 0.0792. The maximum Gasteiger partial charge on any atom is 0.255 e. The van der Waals surface area contributed by atoms with Crippen molar-refractivity contribution in [3.8, 4) is 0 Å². The fourth-order valence-corrected chi connectivity index (χ4v) is 1.51. The Labute approximate surface area is 96.7 Å². The van der Waals surface area contributed by atoms with Gasteiger partial charge < -0.3 is 10.2 Å². The van der Waals surface area contributed by atoms with Crippen LogP contribution in [0.5, 0.6) is 0 Å². The summed E-state index contributed by atoms with van der Waals surface area (Å²) in [6.07, 6.45) is 2.66. The summed E-state index contributed by atoms with van der Waals surface area (Å²) >= 11 is 0. The van der Waals surface area contributed by atoms with Gasteiger partial charge in [0.1, 0.15) is 0 Å². The minimum absolute atomic E-state index is 0.0432. The van der Waals surface area contributed by atoms with Gasteiger partial charge in [-0.25, -0.2) is 0 Å². The van der Waals surface area contributed by atoms with Gasteiger partial charge in [0.15, 0.2) is 0 Å². The first-order valence-corrected chi connectivity index (χ1v) is 5.48.